The number of amides is 1. The van der Waals surface area contributed by atoms with Gasteiger partial charge in [-0.15, -0.1) is 11.3 Å². The van der Waals surface area contributed by atoms with Crippen molar-refractivity contribution in [1.82, 2.24) is 10.1 Å². The van der Waals surface area contributed by atoms with Crippen LogP contribution in [-0.4, -0.2) is 22.5 Å². The molecule has 0 aromatic carbocycles. The van der Waals surface area contributed by atoms with E-state index in [-0.39, 0.29) is 11.8 Å². The SMILES string of the molecule is CCCN(Cc1cc(-c2cccs2)on1)C(=O)C1CC1. The van der Waals surface area contributed by atoms with Gasteiger partial charge in [0, 0.05) is 18.5 Å². The van der Waals surface area contributed by atoms with Crippen LogP contribution in [0.1, 0.15) is 31.9 Å². The first kappa shape index (κ1) is 13.4. The van der Waals surface area contributed by atoms with Gasteiger partial charge in [0.1, 0.15) is 5.69 Å². The fourth-order valence-corrected chi connectivity index (χ4v) is 2.92. The number of aromatic nitrogens is 1. The van der Waals surface area contributed by atoms with Crippen molar-refractivity contribution in [2.45, 2.75) is 32.7 Å². The largest absolute Gasteiger partial charge is 0.355 e. The number of nitrogens with zero attached hydrogens (tertiary/aromatic N) is 2. The molecule has 0 aliphatic heterocycles. The van der Waals surface area contributed by atoms with Crippen LogP contribution >= 0.6 is 11.3 Å². The molecule has 0 radical (unpaired) electrons. The van der Waals surface area contributed by atoms with Crippen molar-refractivity contribution in [3.8, 4) is 10.6 Å². The van der Waals surface area contributed by atoms with Crippen molar-refractivity contribution in [2.24, 2.45) is 5.92 Å². The van der Waals surface area contributed by atoms with Gasteiger partial charge in [-0.3, -0.25) is 4.79 Å². The lowest BCUT2D eigenvalue weighted by Gasteiger charge is -2.20. The number of hydrogen-bond donors (Lipinski definition) is 0. The van der Waals surface area contributed by atoms with Gasteiger partial charge in [-0.1, -0.05) is 18.1 Å². The minimum Gasteiger partial charge on any atom is -0.355 e. The first-order valence-electron chi connectivity index (χ1n) is 7.06. The molecular weight excluding hydrogens is 272 g/mol. The average molecular weight is 290 g/mol. The van der Waals surface area contributed by atoms with Crippen LogP contribution in [0.25, 0.3) is 10.6 Å². The van der Waals surface area contributed by atoms with Gasteiger partial charge in [0.05, 0.1) is 11.4 Å². The van der Waals surface area contributed by atoms with Crippen LogP contribution < -0.4 is 0 Å². The third-order valence-corrected chi connectivity index (χ3v) is 4.29. The molecule has 2 heterocycles. The lowest BCUT2D eigenvalue weighted by Crippen LogP contribution is -2.32. The van der Waals surface area contributed by atoms with Gasteiger partial charge < -0.3 is 9.42 Å². The van der Waals surface area contributed by atoms with Crippen LogP contribution in [0, 0.1) is 5.92 Å². The highest BCUT2D eigenvalue weighted by Gasteiger charge is 2.33. The molecule has 0 N–H and O–H groups in total. The van der Waals surface area contributed by atoms with Crippen molar-refractivity contribution in [2.75, 3.05) is 6.54 Å². The van der Waals surface area contributed by atoms with Gasteiger partial charge in [-0.2, -0.15) is 0 Å². The van der Waals surface area contributed by atoms with Gasteiger partial charge >= 0.3 is 0 Å². The second kappa shape index (κ2) is 5.79. The average Bonchev–Trinajstić information content (AvgIpc) is 2.97. The first-order chi connectivity index (χ1) is 9.78. The van der Waals surface area contributed by atoms with Crippen LogP contribution in [0.15, 0.2) is 28.1 Å². The molecule has 4 nitrogen and oxygen atoms in total. The fourth-order valence-electron chi connectivity index (χ4n) is 2.24. The lowest BCUT2D eigenvalue weighted by atomic mass is 10.2. The Balaban J connectivity index is 1.70. The Labute approximate surface area is 122 Å². The van der Waals surface area contributed by atoms with E-state index < -0.39 is 0 Å². The molecule has 2 aromatic heterocycles. The maximum absolute atomic E-state index is 12.2. The summed E-state index contributed by atoms with van der Waals surface area (Å²) in [6.07, 6.45) is 3.05. The second-order valence-corrected chi connectivity index (χ2v) is 6.14. The number of carbonyl (C=O) groups is 1. The highest BCUT2D eigenvalue weighted by Crippen LogP contribution is 2.32. The third-order valence-electron chi connectivity index (χ3n) is 3.41. The fraction of sp³-hybridized carbons (Fsp3) is 0.467. The van der Waals surface area contributed by atoms with E-state index in [0.717, 1.165) is 42.1 Å². The molecule has 106 valence electrons. The highest BCUT2D eigenvalue weighted by molar-refractivity contribution is 7.13. The topological polar surface area (TPSA) is 46.3 Å². The summed E-state index contributed by atoms with van der Waals surface area (Å²) in [6.45, 7) is 3.43. The lowest BCUT2D eigenvalue weighted by molar-refractivity contribution is -0.133. The van der Waals surface area contributed by atoms with E-state index in [1.165, 1.54) is 0 Å². The monoisotopic (exact) mass is 290 g/mol. The molecule has 1 fully saturated rings. The Kier molecular flexibility index (Phi) is 3.87. The summed E-state index contributed by atoms with van der Waals surface area (Å²) in [5, 5.41) is 6.11. The Morgan fingerprint density at radius 3 is 3.05 bits per heavy atom. The summed E-state index contributed by atoms with van der Waals surface area (Å²) in [6, 6.07) is 5.94. The van der Waals surface area contributed by atoms with E-state index in [1.54, 1.807) is 11.3 Å². The van der Waals surface area contributed by atoms with Gasteiger partial charge in [0.25, 0.3) is 0 Å². The van der Waals surface area contributed by atoms with E-state index in [4.69, 9.17) is 4.52 Å². The van der Waals surface area contributed by atoms with E-state index in [1.807, 2.05) is 28.5 Å². The van der Waals surface area contributed by atoms with E-state index >= 15 is 0 Å². The zero-order valence-electron chi connectivity index (χ0n) is 11.5. The standard InChI is InChI=1S/C15H18N2O2S/c1-2-7-17(15(18)11-5-6-11)10-12-9-13(19-16-12)14-4-3-8-20-14/h3-4,8-9,11H,2,5-7,10H2,1H3. The van der Waals surface area contributed by atoms with Crippen molar-refractivity contribution < 1.29 is 9.32 Å². The Morgan fingerprint density at radius 1 is 1.55 bits per heavy atom. The molecule has 20 heavy (non-hydrogen) atoms. The maximum atomic E-state index is 12.2. The summed E-state index contributed by atoms with van der Waals surface area (Å²) in [4.78, 5) is 15.2. The Morgan fingerprint density at radius 2 is 2.40 bits per heavy atom. The zero-order chi connectivity index (χ0) is 13.9. The molecule has 0 atom stereocenters. The second-order valence-electron chi connectivity index (χ2n) is 5.19. The molecule has 5 heteroatoms. The van der Waals surface area contributed by atoms with E-state index in [0.29, 0.717) is 6.54 Å². The molecule has 1 aliphatic carbocycles. The number of thiophene rings is 1. The molecule has 3 rings (SSSR count). The van der Waals surface area contributed by atoms with Gasteiger partial charge in [-0.05, 0) is 30.7 Å². The van der Waals surface area contributed by atoms with Crippen LogP contribution in [0.3, 0.4) is 0 Å². The minimum absolute atomic E-state index is 0.255. The molecule has 1 saturated carbocycles. The number of rotatable bonds is 6. The van der Waals surface area contributed by atoms with Crippen LogP contribution in [0.5, 0.6) is 0 Å². The molecular formula is C15H18N2O2S. The van der Waals surface area contributed by atoms with Crippen molar-refractivity contribution in [3.63, 3.8) is 0 Å². The van der Waals surface area contributed by atoms with Crippen LogP contribution in [0.2, 0.25) is 0 Å². The van der Waals surface area contributed by atoms with Crippen LogP contribution in [-0.2, 0) is 11.3 Å². The number of hydrogen-bond acceptors (Lipinski definition) is 4. The third kappa shape index (κ3) is 2.93. The Hall–Kier alpha value is -1.62. The predicted molar refractivity (Wildman–Crippen MR) is 78.2 cm³/mol. The predicted octanol–water partition coefficient (Wildman–Crippen LogP) is 3.55. The maximum Gasteiger partial charge on any atom is 0.226 e. The summed E-state index contributed by atoms with van der Waals surface area (Å²) >= 11 is 1.63. The zero-order valence-corrected chi connectivity index (χ0v) is 12.4. The summed E-state index contributed by atoms with van der Waals surface area (Å²) in [7, 11) is 0. The summed E-state index contributed by atoms with van der Waals surface area (Å²) in [5.74, 6) is 1.31. The molecule has 0 bridgehead atoms. The smallest absolute Gasteiger partial charge is 0.226 e. The van der Waals surface area contributed by atoms with E-state index in [9.17, 15) is 4.79 Å². The van der Waals surface area contributed by atoms with Gasteiger partial charge in [-0.25, -0.2) is 0 Å². The molecule has 1 aliphatic rings. The quantitative estimate of drug-likeness (QED) is 0.817. The van der Waals surface area contributed by atoms with Crippen molar-refractivity contribution >= 4 is 17.2 Å². The first-order valence-corrected chi connectivity index (χ1v) is 7.94. The van der Waals surface area contributed by atoms with E-state index in [2.05, 4.69) is 12.1 Å². The minimum atomic E-state index is 0.255. The molecule has 2 aromatic rings. The summed E-state index contributed by atoms with van der Waals surface area (Å²) < 4.78 is 5.37. The van der Waals surface area contributed by atoms with Crippen molar-refractivity contribution in [3.05, 3.63) is 29.3 Å². The molecule has 0 spiro atoms. The van der Waals surface area contributed by atoms with Crippen molar-refractivity contribution in [1.29, 1.82) is 0 Å². The van der Waals surface area contributed by atoms with Gasteiger partial charge in [0.2, 0.25) is 5.91 Å². The number of carbonyl (C=O) groups excluding carboxylic acids is 1. The summed E-state index contributed by atoms with van der Waals surface area (Å²) in [5.41, 5.74) is 0.829. The molecule has 1 amide bonds. The highest BCUT2D eigenvalue weighted by atomic mass is 32.1. The van der Waals surface area contributed by atoms with Gasteiger partial charge in [0.15, 0.2) is 5.76 Å². The Bertz CT molecular complexity index is 572. The van der Waals surface area contributed by atoms with Crippen LogP contribution in [0.4, 0.5) is 0 Å². The molecule has 0 unspecified atom stereocenters. The normalized spacial score (nSPS) is 14.4. The molecule has 0 saturated heterocycles.